The van der Waals surface area contributed by atoms with Crippen LogP contribution in [0.15, 0.2) is 53.4 Å². The summed E-state index contributed by atoms with van der Waals surface area (Å²) in [6, 6.07) is 14.6. The third kappa shape index (κ3) is 4.59. The van der Waals surface area contributed by atoms with Crippen molar-refractivity contribution in [3.63, 3.8) is 0 Å². The molecule has 4 nitrogen and oxygen atoms in total. The Bertz CT molecular complexity index is 789. The van der Waals surface area contributed by atoms with Gasteiger partial charge in [0, 0.05) is 23.0 Å². The summed E-state index contributed by atoms with van der Waals surface area (Å²) in [5.41, 5.74) is 1.12. The molecule has 1 unspecified atom stereocenters. The zero-order valence-electron chi connectivity index (χ0n) is 14.6. The number of amides is 2. The monoisotopic (exact) mass is 388 g/mol. The number of anilines is 1. The van der Waals surface area contributed by atoms with Crippen molar-refractivity contribution >= 4 is 40.9 Å². The number of para-hydroxylation sites is 1. The fourth-order valence-corrected chi connectivity index (χ4v) is 3.87. The van der Waals surface area contributed by atoms with E-state index in [0.29, 0.717) is 16.3 Å². The molecule has 0 radical (unpaired) electrons. The number of hydrogen-bond acceptors (Lipinski definition) is 3. The fraction of sp³-hybridized carbons (Fsp3) is 0.300. The molecular formula is C20H21ClN2O2S. The second-order valence-corrected chi connectivity index (χ2v) is 8.10. The van der Waals surface area contributed by atoms with Gasteiger partial charge in [0.2, 0.25) is 5.91 Å². The van der Waals surface area contributed by atoms with Gasteiger partial charge in [0.15, 0.2) is 0 Å². The molecule has 0 aliphatic carbocycles. The molecule has 1 fully saturated rings. The van der Waals surface area contributed by atoms with Crippen LogP contribution in [0.3, 0.4) is 0 Å². The summed E-state index contributed by atoms with van der Waals surface area (Å²) in [4.78, 5) is 28.1. The van der Waals surface area contributed by atoms with Gasteiger partial charge in [-0.2, -0.15) is 0 Å². The lowest BCUT2D eigenvalue weighted by Gasteiger charge is -2.19. The van der Waals surface area contributed by atoms with Crippen LogP contribution in [0.2, 0.25) is 5.02 Å². The van der Waals surface area contributed by atoms with Gasteiger partial charge in [-0.25, -0.2) is 0 Å². The largest absolute Gasteiger partial charge is 0.339 e. The van der Waals surface area contributed by atoms with Crippen molar-refractivity contribution in [1.29, 1.82) is 0 Å². The number of benzene rings is 2. The second-order valence-electron chi connectivity index (χ2n) is 6.25. The number of nitrogens with one attached hydrogen (secondary N) is 1. The Morgan fingerprint density at radius 3 is 2.42 bits per heavy atom. The summed E-state index contributed by atoms with van der Waals surface area (Å²) in [6.07, 6.45) is 2.07. The van der Waals surface area contributed by atoms with Gasteiger partial charge in [0.05, 0.1) is 16.5 Å². The summed E-state index contributed by atoms with van der Waals surface area (Å²) in [5, 5.41) is 3.28. The van der Waals surface area contributed by atoms with Gasteiger partial charge in [-0.1, -0.05) is 23.7 Å². The zero-order valence-corrected chi connectivity index (χ0v) is 16.1. The first-order valence-corrected chi connectivity index (χ1v) is 9.92. The summed E-state index contributed by atoms with van der Waals surface area (Å²) in [5.74, 6) is -0.150. The highest BCUT2D eigenvalue weighted by Gasteiger charge is 2.23. The van der Waals surface area contributed by atoms with Gasteiger partial charge in [0.25, 0.3) is 5.91 Å². The molecule has 1 aliphatic rings. The van der Waals surface area contributed by atoms with Crippen molar-refractivity contribution < 1.29 is 9.59 Å². The van der Waals surface area contributed by atoms with Crippen LogP contribution < -0.4 is 5.32 Å². The number of carbonyl (C=O) groups is 2. The minimum atomic E-state index is -0.300. The minimum absolute atomic E-state index is 0.0172. The number of nitrogens with zero attached hydrogens (tertiary/aromatic N) is 1. The number of hydrogen-bond donors (Lipinski definition) is 1. The molecule has 1 atom stereocenters. The summed E-state index contributed by atoms with van der Waals surface area (Å²) in [6.45, 7) is 3.41. The molecule has 0 spiro atoms. The maximum atomic E-state index is 12.7. The van der Waals surface area contributed by atoms with E-state index in [2.05, 4.69) is 5.32 Å². The normalized spacial score (nSPS) is 14.9. The third-order valence-corrected chi connectivity index (χ3v) is 5.67. The van der Waals surface area contributed by atoms with Crippen molar-refractivity contribution in [3.8, 4) is 0 Å². The van der Waals surface area contributed by atoms with E-state index in [1.54, 1.807) is 24.3 Å². The molecule has 1 saturated heterocycles. The first-order chi connectivity index (χ1) is 12.5. The molecule has 1 heterocycles. The van der Waals surface area contributed by atoms with Crippen LogP contribution >= 0.6 is 23.4 Å². The highest BCUT2D eigenvalue weighted by molar-refractivity contribution is 8.00. The summed E-state index contributed by atoms with van der Waals surface area (Å²) < 4.78 is 0. The summed E-state index contributed by atoms with van der Waals surface area (Å²) >= 11 is 7.35. The standard InChI is InChI=1S/C20H21ClN2O2S/c1-14(26-16-10-8-15(21)9-11-16)19(24)22-18-7-3-2-6-17(18)20(25)23-12-4-5-13-23/h2-3,6-11,14H,4-5,12-13H2,1H3,(H,22,24). The topological polar surface area (TPSA) is 49.4 Å². The molecule has 2 aromatic carbocycles. The zero-order chi connectivity index (χ0) is 18.5. The van der Waals surface area contributed by atoms with E-state index in [1.807, 2.05) is 36.1 Å². The van der Waals surface area contributed by atoms with Crippen LogP contribution in [-0.2, 0) is 4.79 Å². The number of likely N-dealkylation sites (tertiary alicyclic amines) is 1. The van der Waals surface area contributed by atoms with Crippen molar-refractivity contribution in [2.45, 2.75) is 29.9 Å². The van der Waals surface area contributed by atoms with E-state index < -0.39 is 0 Å². The molecule has 0 bridgehead atoms. The van der Waals surface area contributed by atoms with Crippen molar-refractivity contribution in [1.82, 2.24) is 4.90 Å². The Labute approximate surface area is 162 Å². The van der Waals surface area contributed by atoms with Gasteiger partial charge < -0.3 is 10.2 Å². The molecule has 1 N–H and O–H groups in total. The Balaban J connectivity index is 1.68. The lowest BCUT2D eigenvalue weighted by molar-refractivity contribution is -0.115. The van der Waals surface area contributed by atoms with E-state index >= 15 is 0 Å². The van der Waals surface area contributed by atoms with Gasteiger partial charge in [-0.15, -0.1) is 11.8 Å². The maximum Gasteiger partial charge on any atom is 0.255 e. The Hall–Kier alpha value is -1.98. The number of carbonyl (C=O) groups excluding carboxylic acids is 2. The third-order valence-electron chi connectivity index (χ3n) is 4.30. The number of thioether (sulfide) groups is 1. The van der Waals surface area contributed by atoms with Crippen LogP contribution in [0.25, 0.3) is 0 Å². The number of halogens is 1. The predicted molar refractivity (Wildman–Crippen MR) is 107 cm³/mol. The average molecular weight is 389 g/mol. The molecule has 2 amide bonds. The lowest BCUT2D eigenvalue weighted by atomic mass is 10.1. The number of rotatable bonds is 5. The van der Waals surface area contributed by atoms with Crippen molar-refractivity contribution in [2.24, 2.45) is 0 Å². The van der Waals surface area contributed by atoms with E-state index in [-0.39, 0.29) is 17.1 Å². The maximum absolute atomic E-state index is 12.7. The van der Waals surface area contributed by atoms with Gasteiger partial charge in [-0.05, 0) is 56.2 Å². The lowest BCUT2D eigenvalue weighted by Crippen LogP contribution is -2.29. The van der Waals surface area contributed by atoms with E-state index in [0.717, 1.165) is 30.8 Å². The van der Waals surface area contributed by atoms with Gasteiger partial charge in [-0.3, -0.25) is 9.59 Å². The van der Waals surface area contributed by atoms with E-state index in [9.17, 15) is 9.59 Å². The Morgan fingerprint density at radius 1 is 1.08 bits per heavy atom. The molecule has 3 rings (SSSR count). The molecular weight excluding hydrogens is 368 g/mol. The molecule has 2 aromatic rings. The first kappa shape index (κ1) is 18.8. The molecule has 0 saturated carbocycles. The fourth-order valence-electron chi connectivity index (χ4n) is 2.87. The average Bonchev–Trinajstić information content (AvgIpc) is 3.18. The quantitative estimate of drug-likeness (QED) is 0.755. The van der Waals surface area contributed by atoms with Crippen molar-refractivity contribution in [2.75, 3.05) is 18.4 Å². The SMILES string of the molecule is CC(Sc1ccc(Cl)cc1)C(=O)Nc1ccccc1C(=O)N1CCCC1. The second kappa shape index (κ2) is 8.60. The minimum Gasteiger partial charge on any atom is -0.339 e. The highest BCUT2D eigenvalue weighted by atomic mass is 35.5. The highest BCUT2D eigenvalue weighted by Crippen LogP contribution is 2.26. The molecule has 0 aromatic heterocycles. The van der Waals surface area contributed by atoms with Gasteiger partial charge in [0.1, 0.15) is 0 Å². The van der Waals surface area contributed by atoms with Crippen LogP contribution in [0.5, 0.6) is 0 Å². The van der Waals surface area contributed by atoms with E-state index in [1.165, 1.54) is 11.8 Å². The van der Waals surface area contributed by atoms with Gasteiger partial charge >= 0.3 is 0 Å². The summed E-state index contributed by atoms with van der Waals surface area (Å²) in [7, 11) is 0. The predicted octanol–water partition coefficient (Wildman–Crippen LogP) is 4.70. The van der Waals surface area contributed by atoms with Crippen LogP contribution in [0, 0.1) is 0 Å². The van der Waals surface area contributed by atoms with Crippen molar-refractivity contribution in [3.05, 3.63) is 59.1 Å². The van der Waals surface area contributed by atoms with Crippen LogP contribution in [0.4, 0.5) is 5.69 Å². The molecule has 1 aliphatic heterocycles. The van der Waals surface area contributed by atoms with E-state index in [4.69, 9.17) is 11.6 Å². The smallest absolute Gasteiger partial charge is 0.255 e. The molecule has 136 valence electrons. The Kier molecular flexibility index (Phi) is 6.22. The molecule has 6 heteroatoms. The van der Waals surface area contributed by atoms with Crippen LogP contribution in [0.1, 0.15) is 30.1 Å². The molecule has 26 heavy (non-hydrogen) atoms. The Morgan fingerprint density at radius 2 is 1.73 bits per heavy atom. The van der Waals surface area contributed by atoms with Crippen LogP contribution in [-0.4, -0.2) is 35.1 Å². The first-order valence-electron chi connectivity index (χ1n) is 8.66.